The summed E-state index contributed by atoms with van der Waals surface area (Å²) in [6.45, 7) is 2.30. The van der Waals surface area contributed by atoms with Gasteiger partial charge in [0.1, 0.15) is 11.0 Å². The number of fused-ring (bicyclic) bond motifs is 3. The summed E-state index contributed by atoms with van der Waals surface area (Å²) in [6, 6.07) is 7.76. The molecule has 0 atom stereocenters. The summed E-state index contributed by atoms with van der Waals surface area (Å²) in [7, 11) is 3.72. The summed E-state index contributed by atoms with van der Waals surface area (Å²) < 4.78 is 7.85. The van der Waals surface area contributed by atoms with Crippen molar-refractivity contribution < 1.29 is 9.21 Å². The Labute approximate surface area is 155 Å². The van der Waals surface area contributed by atoms with E-state index in [2.05, 4.69) is 25.6 Å². The fourth-order valence-corrected chi connectivity index (χ4v) is 3.02. The molecule has 2 N–H and O–H groups in total. The molecular formula is C19H20N6O2. The molecule has 0 fully saturated rings. The number of hydrogen-bond acceptors (Lipinski definition) is 6. The predicted molar refractivity (Wildman–Crippen MR) is 103 cm³/mol. The summed E-state index contributed by atoms with van der Waals surface area (Å²) in [5.74, 6) is 1.15. The minimum atomic E-state index is 0.0182. The quantitative estimate of drug-likeness (QED) is 0.565. The van der Waals surface area contributed by atoms with E-state index in [1.807, 2.05) is 42.8 Å². The molecule has 0 saturated heterocycles. The second-order valence-electron chi connectivity index (χ2n) is 6.27. The molecule has 0 saturated carbocycles. The third-order valence-electron chi connectivity index (χ3n) is 4.43. The van der Waals surface area contributed by atoms with Crippen LogP contribution in [-0.2, 0) is 18.4 Å². The van der Waals surface area contributed by atoms with Gasteiger partial charge >= 0.3 is 0 Å². The van der Waals surface area contributed by atoms with E-state index in [0.29, 0.717) is 35.9 Å². The van der Waals surface area contributed by atoms with E-state index in [1.165, 1.54) is 0 Å². The van der Waals surface area contributed by atoms with Crippen LogP contribution in [0.1, 0.15) is 18.9 Å². The van der Waals surface area contributed by atoms with Gasteiger partial charge in [0.25, 0.3) is 5.71 Å². The minimum Gasteiger partial charge on any atom is -0.418 e. The molecule has 0 radical (unpaired) electrons. The molecule has 0 unspecified atom stereocenters. The number of hydrogen-bond donors (Lipinski definition) is 2. The van der Waals surface area contributed by atoms with Gasteiger partial charge in [0.2, 0.25) is 11.8 Å². The van der Waals surface area contributed by atoms with Crippen LogP contribution in [0.2, 0.25) is 0 Å². The summed E-state index contributed by atoms with van der Waals surface area (Å²) in [4.78, 5) is 25.1. The zero-order valence-electron chi connectivity index (χ0n) is 15.4. The zero-order valence-corrected chi connectivity index (χ0v) is 15.4. The highest BCUT2D eigenvalue weighted by atomic mass is 16.4. The summed E-state index contributed by atoms with van der Waals surface area (Å²) >= 11 is 0. The molecule has 1 aromatic carbocycles. The number of aromatic nitrogens is 4. The normalized spacial score (nSPS) is 11.2. The van der Waals surface area contributed by atoms with E-state index in [0.717, 1.165) is 22.2 Å². The Morgan fingerprint density at radius 3 is 2.89 bits per heavy atom. The summed E-state index contributed by atoms with van der Waals surface area (Å²) in [6.07, 6.45) is 2.20. The van der Waals surface area contributed by atoms with Gasteiger partial charge in [0.15, 0.2) is 11.3 Å². The number of benzene rings is 1. The van der Waals surface area contributed by atoms with Crippen molar-refractivity contribution in [3.8, 4) is 11.5 Å². The lowest BCUT2D eigenvalue weighted by Gasteiger charge is -2.04. The number of anilines is 1. The van der Waals surface area contributed by atoms with Crippen molar-refractivity contribution in [1.82, 2.24) is 24.8 Å². The fourth-order valence-electron chi connectivity index (χ4n) is 3.02. The lowest BCUT2D eigenvalue weighted by molar-refractivity contribution is -0.120. The van der Waals surface area contributed by atoms with Gasteiger partial charge in [-0.25, -0.2) is 9.97 Å². The highest BCUT2D eigenvalue weighted by Crippen LogP contribution is 2.31. The fraction of sp³-hybridized carbons (Fsp3) is 0.263. The van der Waals surface area contributed by atoms with Crippen molar-refractivity contribution >= 4 is 34.0 Å². The van der Waals surface area contributed by atoms with Gasteiger partial charge in [-0.05, 0) is 17.7 Å². The lowest BCUT2D eigenvalue weighted by Crippen LogP contribution is -2.21. The highest BCUT2D eigenvalue weighted by Gasteiger charge is 2.18. The Bertz CT molecular complexity index is 1140. The number of oxazole rings is 1. The third-order valence-corrected chi connectivity index (χ3v) is 4.43. The smallest absolute Gasteiger partial charge is 0.251 e. The average Bonchev–Trinajstić information content (AvgIpc) is 3.29. The maximum atomic E-state index is 11.5. The number of carbonyl (C=O) groups is 1. The monoisotopic (exact) mass is 364 g/mol. The van der Waals surface area contributed by atoms with Crippen LogP contribution >= 0.6 is 0 Å². The van der Waals surface area contributed by atoms with Crippen molar-refractivity contribution in [3.05, 3.63) is 36.2 Å². The van der Waals surface area contributed by atoms with Crippen LogP contribution in [0.25, 0.3) is 33.7 Å². The van der Waals surface area contributed by atoms with Gasteiger partial charge < -0.3 is 19.6 Å². The van der Waals surface area contributed by atoms with Crippen LogP contribution in [0.3, 0.4) is 0 Å². The van der Waals surface area contributed by atoms with Crippen molar-refractivity contribution in [1.29, 1.82) is 0 Å². The molecule has 0 aliphatic rings. The number of aryl methyl sites for hydroxylation is 1. The molecule has 0 bridgehead atoms. The lowest BCUT2D eigenvalue weighted by atomic mass is 10.1. The molecule has 8 heteroatoms. The van der Waals surface area contributed by atoms with Gasteiger partial charge in [-0.2, -0.15) is 4.98 Å². The SMILES string of the molecule is CCC(=O)NCc1cccc(-c2nc3c(nc(NC)c4ncn(C)c43)o2)c1. The minimum absolute atomic E-state index is 0.0182. The topological polar surface area (TPSA) is 97.9 Å². The van der Waals surface area contributed by atoms with E-state index in [4.69, 9.17) is 4.42 Å². The third kappa shape index (κ3) is 2.99. The van der Waals surface area contributed by atoms with E-state index in [-0.39, 0.29) is 5.91 Å². The molecule has 3 aromatic heterocycles. The molecule has 0 aliphatic carbocycles. The van der Waals surface area contributed by atoms with Gasteiger partial charge in [0, 0.05) is 32.6 Å². The maximum absolute atomic E-state index is 11.5. The van der Waals surface area contributed by atoms with Gasteiger partial charge in [-0.15, -0.1) is 0 Å². The molecule has 4 rings (SSSR count). The van der Waals surface area contributed by atoms with E-state index < -0.39 is 0 Å². The molecule has 0 spiro atoms. The number of rotatable bonds is 5. The Kier molecular flexibility index (Phi) is 4.23. The maximum Gasteiger partial charge on any atom is 0.251 e. The molecule has 8 nitrogen and oxygen atoms in total. The van der Waals surface area contributed by atoms with Crippen molar-refractivity contribution in [2.24, 2.45) is 7.05 Å². The Balaban J connectivity index is 1.77. The molecule has 138 valence electrons. The first kappa shape index (κ1) is 17.0. The van der Waals surface area contributed by atoms with Gasteiger partial charge in [0.05, 0.1) is 6.33 Å². The Hall–Kier alpha value is -3.42. The van der Waals surface area contributed by atoms with Crippen LogP contribution in [-0.4, -0.2) is 32.5 Å². The van der Waals surface area contributed by atoms with E-state index in [1.54, 1.807) is 13.4 Å². The first-order valence-electron chi connectivity index (χ1n) is 8.76. The predicted octanol–water partition coefficient (Wildman–Crippen LogP) is 2.84. The van der Waals surface area contributed by atoms with Crippen LogP contribution in [0.4, 0.5) is 5.82 Å². The molecule has 4 aromatic rings. The highest BCUT2D eigenvalue weighted by molar-refractivity contribution is 6.03. The number of nitrogens with one attached hydrogen (secondary N) is 2. The number of amides is 1. The largest absolute Gasteiger partial charge is 0.418 e. The summed E-state index contributed by atoms with van der Waals surface area (Å²) in [5.41, 5.74) is 4.55. The Morgan fingerprint density at radius 2 is 2.11 bits per heavy atom. The zero-order chi connectivity index (χ0) is 19.0. The van der Waals surface area contributed by atoms with Crippen LogP contribution in [0, 0.1) is 0 Å². The number of carbonyl (C=O) groups excluding carboxylic acids is 1. The summed E-state index contributed by atoms with van der Waals surface area (Å²) in [5, 5.41) is 5.93. The molecular weight excluding hydrogens is 344 g/mol. The van der Waals surface area contributed by atoms with E-state index >= 15 is 0 Å². The molecule has 0 aliphatic heterocycles. The van der Waals surface area contributed by atoms with Crippen LogP contribution in [0.5, 0.6) is 0 Å². The standard InChI is InChI=1S/C19H20N6O2/c1-4-13(26)21-9-11-6-5-7-12(8-11)18-23-15-16-14(22-10-25(16)3)17(20-2)24-19(15)27-18/h5-8,10H,4,9H2,1-3H3,(H,20,24)(H,21,26). The molecule has 27 heavy (non-hydrogen) atoms. The van der Waals surface area contributed by atoms with Crippen molar-refractivity contribution in [3.63, 3.8) is 0 Å². The first-order chi connectivity index (χ1) is 13.1. The second-order valence-corrected chi connectivity index (χ2v) is 6.27. The Morgan fingerprint density at radius 1 is 1.26 bits per heavy atom. The van der Waals surface area contributed by atoms with Crippen molar-refractivity contribution in [2.45, 2.75) is 19.9 Å². The van der Waals surface area contributed by atoms with Gasteiger partial charge in [-0.1, -0.05) is 19.1 Å². The van der Waals surface area contributed by atoms with Crippen molar-refractivity contribution in [2.75, 3.05) is 12.4 Å². The van der Waals surface area contributed by atoms with Crippen LogP contribution < -0.4 is 10.6 Å². The average molecular weight is 364 g/mol. The molecule has 1 amide bonds. The molecule has 3 heterocycles. The van der Waals surface area contributed by atoms with Crippen LogP contribution in [0.15, 0.2) is 35.0 Å². The van der Waals surface area contributed by atoms with Gasteiger partial charge in [-0.3, -0.25) is 4.79 Å². The second kappa shape index (κ2) is 6.71. The number of nitrogens with zero attached hydrogens (tertiary/aromatic N) is 4. The number of pyridine rings is 1. The first-order valence-corrected chi connectivity index (χ1v) is 8.76. The van der Waals surface area contributed by atoms with E-state index in [9.17, 15) is 4.79 Å². The number of imidazole rings is 1.